The summed E-state index contributed by atoms with van der Waals surface area (Å²) in [4.78, 5) is 9.69. The number of aliphatic carboxylic acids is 1. The Balaban J connectivity index is 0. The average molecular weight is 211 g/mol. The fraction of sp³-hybridized carbons (Fsp3) is 0.857. The van der Waals surface area contributed by atoms with Gasteiger partial charge in [0.2, 0.25) is 0 Å². The maximum Gasteiger partial charge on any atom is 0.317 e. The van der Waals surface area contributed by atoms with Gasteiger partial charge < -0.3 is 5.11 Å². The van der Waals surface area contributed by atoms with Gasteiger partial charge in [0.15, 0.2) is 0 Å². The van der Waals surface area contributed by atoms with E-state index in [9.17, 15) is 4.79 Å². The smallest absolute Gasteiger partial charge is 0.317 e. The van der Waals surface area contributed by atoms with Crippen molar-refractivity contribution in [2.24, 2.45) is 5.92 Å². The van der Waals surface area contributed by atoms with E-state index in [1.165, 1.54) is 0 Å². The summed E-state index contributed by atoms with van der Waals surface area (Å²) in [6.07, 6.45) is 0. The highest BCUT2D eigenvalue weighted by Gasteiger charge is 2.15. The molecule has 10 heavy (non-hydrogen) atoms. The first-order valence-electron chi connectivity index (χ1n) is 3.42. The molecule has 0 radical (unpaired) electrons. The van der Waals surface area contributed by atoms with Crippen molar-refractivity contribution in [3.8, 4) is 0 Å². The van der Waals surface area contributed by atoms with Crippen LogP contribution >= 0.6 is 15.9 Å². The van der Waals surface area contributed by atoms with Gasteiger partial charge in [0.25, 0.3) is 0 Å². The number of hydrogen-bond acceptors (Lipinski definition) is 1. The van der Waals surface area contributed by atoms with Crippen LogP contribution in [0.3, 0.4) is 0 Å². The predicted molar refractivity (Wildman–Crippen MR) is 46.5 cm³/mol. The van der Waals surface area contributed by atoms with Crippen molar-refractivity contribution in [1.82, 2.24) is 0 Å². The van der Waals surface area contributed by atoms with Crippen molar-refractivity contribution >= 4 is 21.9 Å². The van der Waals surface area contributed by atoms with Gasteiger partial charge in [-0.05, 0) is 5.92 Å². The van der Waals surface area contributed by atoms with Crippen molar-refractivity contribution in [2.45, 2.75) is 32.5 Å². The zero-order valence-electron chi connectivity index (χ0n) is 6.89. The van der Waals surface area contributed by atoms with Gasteiger partial charge in [-0.25, -0.2) is 0 Å². The zero-order chi connectivity index (χ0) is 8.73. The van der Waals surface area contributed by atoms with E-state index in [1.54, 1.807) is 0 Å². The minimum Gasteiger partial charge on any atom is -0.480 e. The molecule has 0 aromatic rings. The lowest BCUT2D eigenvalue weighted by molar-refractivity contribution is -0.136. The largest absolute Gasteiger partial charge is 0.480 e. The van der Waals surface area contributed by atoms with Crippen molar-refractivity contribution in [3.05, 3.63) is 0 Å². The quantitative estimate of drug-likeness (QED) is 0.712. The molecular weight excluding hydrogens is 196 g/mol. The monoisotopic (exact) mass is 210 g/mol. The first-order chi connectivity index (χ1) is 4.55. The molecule has 1 N–H and O–H groups in total. The summed E-state index contributed by atoms with van der Waals surface area (Å²) in [7, 11) is 0. The van der Waals surface area contributed by atoms with Gasteiger partial charge in [0, 0.05) is 0 Å². The van der Waals surface area contributed by atoms with Crippen LogP contribution in [-0.2, 0) is 4.79 Å². The number of carbonyl (C=O) groups is 1. The molecule has 0 aliphatic carbocycles. The summed E-state index contributed by atoms with van der Waals surface area (Å²) in [5.41, 5.74) is 0. The number of hydrogen-bond donors (Lipinski definition) is 1. The van der Waals surface area contributed by atoms with E-state index < -0.39 is 10.8 Å². The van der Waals surface area contributed by atoms with E-state index in [-0.39, 0.29) is 5.92 Å². The molecule has 0 heterocycles. The molecule has 2 nitrogen and oxygen atoms in total. The van der Waals surface area contributed by atoms with Crippen molar-refractivity contribution < 1.29 is 9.90 Å². The summed E-state index contributed by atoms with van der Waals surface area (Å²) >= 11 is 3.01. The number of halogens is 1. The van der Waals surface area contributed by atoms with Crippen LogP contribution in [0.1, 0.15) is 27.7 Å². The maximum absolute atomic E-state index is 10.1. The molecule has 0 aromatic carbocycles. The fourth-order valence-corrected chi connectivity index (χ4v) is 0.285. The maximum atomic E-state index is 10.1. The molecule has 1 atom stereocenters. The molecule has 0 aliphatic heterocycles. The van der Waals surface area contributed by atoms with Gasteiger partial charge in [-0.3, -0.25) is 4.79 Å². The highest BCUT2D eigenvalue weighted by Crippen LogP contribution is 2.10. The minimum absolute atomic E-state index is 0.160. The van der Waals surface area contributed by atoms with Crippen LogP contribution in [-0.4, -0.2) is 15.9 Å². The van der Waals surface area contributed by atoms with Crippen molar-refractivity contribution in [1.29, 1.82) is 0 Å². The molecule has 0 bridgehead atoms. The Morgan fingerprint density at radius 2 is 1.70 bits per heavy atom. The van der Waals surface area contributed by atoms with Gasteiger partial charge in [-0.2, -0.15) is 0 Å². The molecule has 62 valence electrons. The van der Waals surface area contributed by atoms with E-state index in [0.717, 1.165) is 0 Å². The van der Waals surface area contributed by atoms with Gasteiger partial charge >= 0.3 is 5.97 Å². The molecule has 0 aromatic heterocycles. The normalized spacial score (nSPS) is 11.8. The van der Waals surface area contributed by atoms with Crippen LogP contribution in [0.5, 0.6) is 0 Å². The Labute approximate surface area is 70.8 Å². The second-order valence-electron chi connectivity index (χ2n) is 1.98. The van der Waals surface area contributed by atoms with E-state index in [4.69, 9.17) is 5.11 Å². The summed E-state index contributed by atoms with van der Waals surface area (Å²) in [5.74, 6) is -0.632. The third-order valence-electron chi connectivity index (χ3n) is 0.821. The van der Waals surface area contributed by atoms with Crippen molar-refractivity contribution in [3.63, 3.8) is 0 Å². The van der Waals surface area contributed by atoms with Crippen LogP contribution < -0.4 is 0 Å². The van der Waals surface area contributed by atoms with Gasteiger partial charge in [0.05, 0.1) is 0 Å². The van der Waals surface area contributed by atoms with Crippen LogP contribution in [0, 0.1) is 5.92 Å². The first-order valence-corrected chi connectivity index (χ1v) is 4.34. The average Bonchev–Trinajstić information content (AvgIpc) is 1.90. The van der Waals surface area contributed by atoms with E-state index in [0.29, 0.717) is 0 Å². The van der Waals surface area contributed by atoms with Gasteiger partial charge in [-0.1, -0.05) is 43.6 Å². The number of rotatable bonds is 2. The zero-order valence-corrected chi connectivity index (χ0v) is 8.47. The Kier molecular flexibility index (Phi) is 8.91. The van der Waals surface area contributed by atoms with Gasteiger partial charge in [0.1, 0.15) is 4.83 Å². The third kappa shape index (κ3) is 6.08. The second-order valence-corrected chi connectivity index (χ2v) is 2.97. The second kappa shape index (κ2) is 7.06. The Morgan fingerprint density at radius 3 is 1.70 bits per heavy atom. The standard InChI is InChI=1S/C5H9BrO2.C2H6/c1-3(2)4(6)5(7)8;1-2/h3-4H,1-2H3,(H,7,8);1-2H3. The molecule has 0 rings (SSSR count). The molecule has 0 spiro atoms. The molecule has 0 fully saturated rings. The van der Waals surface area contributed by atoms with E-state index in [1.807, 2.05) is 27.7 Å². The molecule has 1 unspecified atom stereocenters. The summed E-state index contributed by atoms with van der Waals surface area (Å²) in [6.45, 7) is 7.71. The van der Waals surface area contributed by atoms with Crippen LogP contribution in [0.2, 0.25) is 0 Å². The number of alkyl halides is 1. The summed E-state index contributed by atoms with van der Waals surface area (Å²) in [6, 6.07) is 0. The Morgan fingerprint density at radius 1 is 1.40 bits per heavy atom. The van der Waals surface area contributed by atoms with Crippen LogP contribution in [0.4, 0.5) is 0 Å². The highest BCUT2D eigenvalue weighted by atomic mass is 79.9. The molecule has 0 saturated carbocycles. The SMILES string of the molecule is CC.CC(C)C(Br)C(=O)O. The topological polar surface area (TPSA) is 37.3 Å². The number of carboxylic acid groups (broad SMARTS) is 1. The molecule has 0 amide bonds. The fourth-order valence-electron chi connectivity index (χ4n) is 0.285. The molecular formula is C7H15BrO2. The first kappa shape index (κ1) is 12.6. The molecule has 0 saturated heterocycles. The van der Waals surface area contributed by atoms with Crippen LogP contribution in [0.15, 0.2) is 0 Å². The van der Waals surface area contributed by atoms with Gasteiger partial charge in [-0.15, -0.1) is 0 Å². The van der Waals surface area contributed by atoms with Crippen molar-refractivity contribution in [2.75, 3.05) is 0 Å². The predicted octanol–water partition coefficient (Wildman–Crippen LogP) is 2.52. The lowest BCUT2D eigenvalue weighted by Crippen LogP contribution is -2.18. The Hall–Kier alpha value is -0.0500. The lowest BCUT2D eigenvalue weighted by atomic mass is 10.1. The minimum atomic E-state index is -0.792. The third-order valence-corrected chi connectivity index (χ3v) is 2.27. The number of carboxylic acids is 1. The Bertz CT molecular complexity index is 91.6. The molecule has 3 heteroatoms. The highest BCUT2D eigenvalue weighted by molar-refractivity contribution is 9.10. The summed E-state index contributed by atoms with van der Waals surface area (Å²) in [5, 5.41) is 8.31. The van der Waals surface area contributed by atoms with E-state index in [2.05, 4.69) is 15.9 Å². The van der Waals surface area contributed by atoms with E-state index >= 15 is 0 Å². The summed E-state index contributed by atoms with van der Waals surface area (Å²) < 4.78 is 0. The van der Waals surface area contributed by atoms with Crippen LogP contribution in [0.25, 0.3) is 0 Å². The molecule has 0 aliphatic rings. The lowest BCUT2D eigenvalue weighted by Gasteiger charge is -2.05.